The van der Waals surface area contributed by atoms with Gasteiger partial charge in [-0.05, 0) is 42.5 Å². The summed E-state index contributed by atoms with van der Waals surface area (Å²) in [5.41, 5.74) is 10.3. The van der Waals surface area contributed by atoms with Gasteiger partial charge < -0.3 is 10.8 Å². The van der Waals surface area contributed by atoms with E-state index in [1.165, 1.54) is 11.1 Å². The van der Waals surface area contributed by atoms with Gasteiger partial charge in [0.15, 0.2) is 0 Å². The van der Waals surface area contributed by atoms with E-state index >= 15 is 0 Å². The van der Waals surface area contributed by atoms with Crippen molar-refractivity contribution in [3.63, 3.8) is 0 Å². The molecule has 1 aliphatic carbocycles. The summed E-state index contributed by atoms with van der Waals surface area (Å²) in [5.74, 6) is 0. The summed E-state index contributed by atoms with van der Waals surface area (Å²) < 4.78 is 0. The van der Waals surface area contributed by atoms with Gasteiger partial charge in [0.2, 0.25) is 0 Å². The minimum Gasteiger partial charge on any atom is -0.388 e. The molecule has 0 saturated heterocycles. The molecule has 1 atom stereocenters. The van der Waals surface area contributed by atoms with E-state index < -0.39 is 6.10 Å². The summed E-state index contributed by atoms with van der Waals surface area (Å²) in [6.45, 7) is 2.48. The van der Waals surface area contributed by atoms with Gasteiger partial charge >= 0.3 is 0 Å². The zero-order valence-electron chi connectivity index (χ0n) is 11.7. The number of aromatic nitrogens is 1. The van der Waals surface area contributed by atoms with E-state index in [-0.39, 0.29) is 5.41 Å². The molecule has 1 unspecified atom stereocenters. The van der Waals surface area contributed by atoms with Crippen LogP contribution in [0.4, 0.5) is 0 Å². The van der Waals surface area contributed by atoms with E-state index in [0.29, 0.717) is 6.54 Å². The lowest BCUT2D eigenvalue weighted by Gasteiger charge is -2.33. The molecule has 2 aromatic rings. The lowest BCUT2D eigenvalue weighted by molar-refractivity contribution is 0.0350. The van der Waals surface area contributed by atoms with E-state index in [1.54, 1.807) is 12.4 Å². The van der Waals surface area contributed by atoms with E-state index in [1.807, 2.05) is 25.1 Å². The zero-order chi connectivity index (χ0) is 14.2. The highest BCUT2D eigenvalue weighted by Gasteiger charge is 2.43. The lowest BCUT2D eigenvalue weighted by atomic mass is 9.76. The first-order valence-electron chi connectivity index (χ1n) is 7.02. The van der Waals surface area contributed by atoms with E-state index in [4.69, 9.17) is 5.73 Å². The maximum absolute atomic E-state index is 10.9. The van der Waals surface area contributed by atoms with Crippen LogP contribution in [-0.2, 0) is 12.8 Å². The summed E-state index contributed by atoms with van der Waals surface area (Å²) >= 11 is 0. The predicted molar refractivity (Wildman–Crippen MR) is 79.3 cm³/mol. The molecule has 0 bridgehead atoms. The Balaban J connectivity index is 1.98. The van der Waals surface area contributed by atoms with Gasteiger partial charge in [-0.3, -0.25) is 4.98 Å². The number of fused-ring (bicyclic) bond motifs is 1. The molecule has 3 nitrogen and oxygen atoms in total. The quantitative estimate of drug-likeness (QED) is 0.897. The van der Waals surface area contributed by atoms with Gasteiger partial charge in [-0.25, -0.2) is 0 Å². The fourth-order valence-corrected chi connectivity index (χ4v) is 3.27. The van der Waals surface area contributed by atoms with Gasteiger partial charge in [-0.2, -0.15) is 0 Å². The molecular formula is C17H20N2O. The fourth-order valence-electron chi connectivity index (χ4n) is 3.27. The molecule has 1 aromatic carbocycles. The Bertz CT molecular complexity index is 599. The molecule has 1 heterocycles. The summed E-state index contributed by atoms with van der Waals surface area (Å²) in [6, 6.07) is 10.3. The number of pyridine rings is 1. The first kappa shape index (κ1) is 13.3. The van der Waals surface area contributed by atoms with Crippen LogP contribution in [-0.4, -0.2) is 16.6 Å². The number of rotatable bonds is 3. The molecule has 0 radical (unpaired) electrons. The van der Waals surface area contributed by atoms with Crippen LogP contribution in [0.5, 0.6) is 0 Å². The molecule has 20 heavy (non-hydrogen) atoms. The number of hydrogen-bond acceptors (Lipinski definition) is 3. The minimum absolute atomic E-state index is 0.308. The van der Waals surface area contributed by atoms with Crippen molar-refractivity contribution in [3.8, 4) is 0 Å². The van der Waals surface area contributed by atoms with Crippen LogP contribution in [0.25, 0.3) is 0 Å². The van der Waals surface area contributed by atoms with Crippen LogP contribution in [0, 0.1) is 12.3 Å². The first-order valence-corrected chi connectivity index (χ1v) is 7.02. The Hall–Kier alpha value is -1.71. The highest BCUT2D eigenvalue weighted by atomic mass is 16.3. The summed E-state index contributed by atoms with van der Waals surface area (Å²) in [4.78, 5) is 4.15. The van der Waals surface area contributed by atoms with Crippen molar-refractivity contribution < 1.29 is 5.11 Å². The molecule has 0 aliphatic heterocycles. The van der Waals surface area contributed by atoms with Crippen molar-refractivity contribution in [3.05, 3.63) is 65.0 Å². The Morgan fingerprint density at radius 1 is 1.25 bits per heavy atom. The number of hydrogen-bond donors (Lipinski definition) is 2. The molecule has 0 spiro atoms. The van der Waals surface area contributed by atoms with E-state index in [2.05, 4.69) is 17.1 Å². The highest BCUT2D eigenvalue weighted by Crippen LogP contribution is 2.45. The lowest BCUT2D eigenvalue weighted by Crippen LogP contribution is -2.38. The van der Waals surface area contributed by atoms with Crippen molar-refractivity contribution in [1.29, 1.82) is 0 Å². The van der Waals surface area contributed by atoms with Crippen molar-refractivity contribution in [2.75, 3.05) is 6.54 Å². The third-order valence-electron chi connectivity index (χ3n) is 4.56. The average molecular weight is 268 g/mol. The standard InChI is InChI=1S/C17H20N2O/c1-12-6-7-19-10-15(12)16(20)17(11-18)8-13-4-2-3-5-14(13)9-17/h2-7,10,16,20H,8-9,11,18H2,1H3. The topological polar surface area (TPSA) is 59.1 Å². The smallest absolute Gasteiger partial charge is 0.0882 e. The molecule has 104 valence electrons. The van der Waals surface area contributed by atoms with Gasteiger partial charge in [0.1, 0.15) is 0 Å². The summed E-state index contributed by atoms with van der Waals surface area (Å²) in [6.07, 6.45) is 4.60. The van der Waals surface area contributed by atoms with Gasteiger partial charge in [-0.1, -0.05) is 24.3 Å². The number of nitrogens with zero attached hydrogens (tertiary/aromatic N) is 1. The maximum atomic E-state index is 10.9. The van der Waals surface area contributed by atoms with Crippen LogP contribution in [0.2, 0.25) is 0 Å². The molecule has 0 fully saturated rings. The Kier molecular flexibility index (Phi) is 3.32. The zero-order valence-corrected chi connectivity index (χ0v) is 11.7. The molecular weight excluding hydrogens is 248 g/mol. The summed E-state index contributed by atoms with van der Waals surface area (Å²) in [5, 5.41) is 10.9. The second-order valence-electron chi connectivity index (χ2n) is 5.82. The Labute approximate surface area is 119 Å². The molecule has 1 aromatic heterocycles. The van der Waals surface area contributed by atoms with E-state index in [9.17, 15) is 5.11 Å². The summed E-state index contributed by atoms with van der Waals surface area (Å²) in [7, 11) is 0. The maximum Gasteiger partial charge on any atom is 0.0882 e. The van der Waals surface area contributed by atoms with Crippen molar-refractivity contribution in [2.45, 2.75) is 25.9 Å². The monoisotopic (exact) mass is 268 g/mol. The molecule has 3 heteroatoms. The Morgan fingerprint density at radius 3 is 2.45 bits per heavy atom. The number of aliphatic hydroxyl groups excluding tert-OH is 1. The van der Waals surface area contributed by atoms with Crippen LogP contribution in [0.15, 0.2) is 42.7 Å². The van der Waals surface area contributed by atoms with Crippen LogP contribution in [0.1, 0.15) is 28.4 Å². The first-order chi connectivity index (χ1) is 9.66. The van der Waals surface area contributed by atoms with Crippen molar-refractivity contribution in [1.82, 2.24) is 4.98 Å². The second kappa shape index (κ2) is 5.00. The van der Waals surface area contributed by atoms with Crippen LogP contribution < -0.4 is 5.73 Å². The molecule has 0 amide bonds. The third kappa shape index (κ3) is 2.03. The third-order valence-corrected chi connectivity index (χ3v) is 4.56. The normalized spacial score (nSPS) is 17.8. The Morgan fingerprint density at radius 2 is 1.90 bits per heavy atom. The van der Waals surface area contributed by atoms with E-state index in [0.717, 1.165) is 24.0 Å². The van der Waals surface area contributed by atoms with Crippen LogP contribution >= 0.6 is 0 Å². The largest absolute Gasteiger partial charge is 0.388 e. The van der Waals surface area contributed by atoms with Crippen molar-refractivity contribution >= 4 is 0 Å². The second-order valence-corrected chi connectivity index (χ2v) is 5.82. The number of benzene rings is 1. The van der Waals surface area contributed by atoms with Gasteiger partial charge in [-0.15, -0.1) is 0 Å². The van der Waals surface area contributed by atoms with Gasteiger partial charge in [0.05, 0.1) is 6.10 Å². The van der Waals surface area contributed by atoms with Crippen LogP contribution in [0.3, 0.4) is 0 Å². The molecule has 3 rings (SSSR count). The average Bonchev–Trinajstić information content (AvgIpc) is 2.87. The predicted octanol–water partition coefficient (Wildman–Crippen LogP) is 2.17. The minimum atomic E-state index is -0.575. The van der Waals surface area contributed by atoms with Crippen molar-refractivity contribution in [2.24, 2.45) is 11.1 Å². The molecule has 0 saturated carbocycles. The SMILES string of the molecule is Cc1ccncc1C(O)C1(CN)Cc2ccccc2C1. The number of nitrogens with two attached hydrogens (primary N) is 1. The fraction of sp³-hybridized carbons (Fsp3) is 0.353. The van der Waals surface area contributed by atoms with Gasteiger partial charge in [0, 0.05) is 29.9 Å². The number of aryl methyl sites for hydroxylation is 1. The number of aliphatic hydroxyl groups is 1. The molecule has 1 aliphatic rings. The highest BCUT2D eigenvalue weighted by molar-refractivity contribution is 5.37. The van der Waals surface area contributed by atoms with Gasteiger partial charge in [0.25, 0.3) is 0 Å². The molecule has 3 N–H and O–H groups in total.